The van der Waals surface area contributed by atoms with Gasteiger partial charge in [0.25, 0.3) is 5.69 Å². The Kier molecular flexibility index (Phi) is 5.15. The zero-order chi connectivity index (χ0) is 23.3. The van der Waals surface area contributed by atoms with Crippen molar-refractivity contribution in [1.82, 2.24) is 14.8 Å². The van der Waals surface area contributed by atoms with Crippen molar-refractivity contribution in [1.29, 1.82) is 0 Å². The molecule has 1 fully saturated rings. The van der Waals surface area contributed by atoms with Crippen LogP contribution in [0.2, 0.25) is 0 Å². The summed E-state index contributed by atoms with van der Waals surface area (Å²) in [6, 6.07) is 13.0. The molecule has 8 heteroatoms. The highest BCUT2D eigenvalue weighted by Crippen LogP contribution is 2.43. The molecule has 2 amide bonds. The summed E-state index contributed by atoms with van der Waals surface area (Å²) in [6.07, 6.45) is 1.26. The van der Waals surface area contributed by atoms with Crippen molar-refractivity contribution in [3.05, 3.63) is 75.5 Å². The van der Waals surface area contributed by atoms with Gasteiger partial charge in [-0.25, -0.2) is 0 Å². The standard InChI is InChI=1S/C25H26N4O4/c1-15(2)10-11-27-14-22(30)28-21(25(27)31)13-19-18-8-3-4-9-20(18)26-23(19)24(28)16-6-5-7-17(12-16)29(32)33/h3-9,12,15,21,24,26H,10-11,13-14H2,1-2H3/t21-,24?/m1/s1. The maximum atomic E-state index is 13.6. The van der Waals surface area contributed by atoms with Crippen LogP contribution in [-0.4, -0.2) is 50.7 Å². The van der Waals surface area contributed by atoms with Crippen LogP contribution in [0.15, 0.2) is 48.5 Å². The van der Waals surface area contributed by atoms with Crippen LogP contribution in [0.4, 0.5) is 5.69 Å². The van der Waals surface area contributed by atoms with Crippen LogP contribution in [0.3, 0.4) is 0 Å². The quantitative estimate of drug-likeness (QED) is 0.476. The highest BCUT2D eigenvalue weighted by atomic mass is 16.6. The highest BCUT2D eigenvalue weighted by molar-refractivity contribution is 5.97. The van der Waals surface area contributed by atoms with Crippen LogP contribution in [-0.2, 0) is 16.0 Å². The molecule has 5 rings (SSSR count). The monoisotopic (exact) mass is 446 g/mol. The lowest BCUT2D eigenvalue weighted by molar-refractivity contribution is -0.384. The number of nitro groups is 1. The molecule has 0 spiro atoms. The molecule has 0 bridgehead atoms. The van der Waals surface area contributed by atoms with Gasteiger partial charge >= 0.3 is 0 Å². The van der Waals surface area contributed by atoms with E-state index in [-0.39, 0.29) is 24.0 Å². The molecule has 1 unspecified atom stereocenters. The first-order valence-corrected chi connectivity index (χ1v) is 11.3. The van der Waals surface area contributed by atoms with Gasteiger partial charge < -0.3 is 14.8 Å². The summed E-state index contributed by atoms with van der Waals surface area (Å²) in [6.45, 7) is 4.78. The third-order valence-corrected chi connectivity index (χ3v) is 6.72. The van der Waals surface area contributed by atoms with Crippen molar-refractivity contribution in [3.8, 4) is 0 Å². The molecular weight excluding hydrogens is 420 g/mol. The fraction of sp³-hybridized carbons (Fsp3) is 0.360. The number of aromatic amines is 1. The van der Waals surface area contributed by atoms with E-state index in [4.69, 9.17) is 0 Å². The molecule has 1 aromatic heterocycles. The van der Waals surface area contributed by atoms with E-state index in [1.165, 1.54) is 12.1 Å². The molecule has 1 saturated heterocycles. The summed E-state index contributed by atoms with van der Waals surface area (Å²) in [5.41, 5.74) is 3.33. The number of aromatic nitrogens is 1. The Hall–Kier alpha value is -3.68. The Bertz CT molecular complexity index is 1260. The average molecular weight is 447 g/mol. The number of nitro benzene ring substituents is 1. The van der Waals surface area contributed by atoms with E-state index in [2.05, 4.69) is 18.8 Å². The van der Waals surface area contributed by atoms with Gasteiger partial charge in [0.15, 0.2) is 0 Å². The molecule has 2 aromatic carbocycles. The number of rotatable bonds is 5. The maximum Gasteiger partial charge on any atom is 0.269 e. The smallest absolute Gasteiger partial charge is 0.269 e. The van der Waals surface area contributed by atoms with Crippen LogP contribution in [0.1, 0.15) is 43.1 Å². The Balaban J connectivity index is 1.65. The topological polar surface area (TPSA) is 99.5 Å². The van der Waals surface area contributed by atoms with Crippen molar-refractivity contribution in [2.45, 2.75) is 38.8 Å². The van der Waals surface area contributed by atoms with Gasteiger partial charge in [0.2, 0.25) is 11.8 Å². The second kappa shape index (κ2) is 8.03. The van der Waals surface area contributed by atoms with Gasteiger partial charge in [0, 0.05) is 41.7 Å². The molecule has 0 radical (unpaired) electrons. The lowest BCUT2D eigenvalue weighted by atomic mass is 9.86. The van der Waals surface area contributed by atoms with Gasteiger partial charge in [0.1, 0.15) is 6.04 Å². The lowest BCUT2D eigenvalue weighted by Gasteiger charge is -2.47. The van der Waals surface area contributed by atoms with Crippen molar-refractivity contribution in [2.24, 2.45) is 5.92 Å². The van der Waals surface area contributed by atoms with Crippen molar-refractivity contribution >= 4 is 28.4 Å². The molecule has 170 valence electrons. The Morgan fingerprint density at radius 2 is 1.94 bits per heavy atom. The Labute approximate surface area is 191 Å². The van der Waals surface area contributed by atoms with Crippen LogP contribution in [0.5, 0.6) is 0 Å². The molecular formula is C25H26N4O4. The maximum absolute atomic E-state index is 13.6. The molecule has 2 aliphatic heterocycles. The molecule has 0 saturated carbocycles. The van der Waals surface area contributed by atoms with Crippen LogP contribution >= 0.6 is 0 Å². The zero-order valence-corrected chi connectivity index (χ0v) is 18.7. The van der Waals surface area contributed by atoms with E-state index in [0.29, 0.717) is 24.4 Å². The first kappa shape index (κ1) is 21.2. The van der Waals surface area contributed by atoms with Crippen molar-refractivity contribution in [2.75, 3.05) is 13.1 Å². The number of hydrogen-bond donors (Lipinski definition) is 1. The molecule has 33 heavy (non-hydrogen) atoms. The molecule has 3 heterocycles. The largest absolute Gasteiger partial charge is 0.356 e. The minimum Gasteiger partial charge on any atom is -0.356 e. The summed E-state index contributed by atoms with van der Waals surface area (Å²) in [5.74, 6) is 0.237. The minimum absolute atomic E-state index is 0.0308. The second-order valence-corrected chi connectivity index (χ2v) is 9.28. The number of H-pyrrole nitrogens is 1. The van der Waals surface area contributed by atoms with Crippen molar-refractivity contribution in [3.63, 3.8) is 0 Å². The molecule has 3 aromatic rings. The zero-order valence-electron chi connectivity index (χ0n) is 18.7. The summed E-state index contributed by atoms with van der Waals surface area (Å²) in [4.78, 5) is 44.8. The van der Waals surface area contributed by atoms with E-state index in [0.717, 1.165) is 28.6 Å². The normalized spacial score (nSPS) is 20.3. The lowest BCUT2D eigenvalue weighted by Crippen LogP contribution is -2.63. The van der Waals surface area contributed by atoms with Gasteiger partial charge in [-0.1, -0.05) is 44.2 Å². The molecule has 2 aliphatic rings. The van der Waals surface area contributed by atoms with Crippen LogP contribution < -0.4 is 0 Å². The van der Waals surface area contributed by atoms with Gasteiger partial charge in [0.05, 0.1) is 17.5 Å². The molecule has 2 atom stereocenters. The average Bonchev–Trinajstić information content (AvgIpc) is 3.17. The predicted octanol–water partition coefficient (Wildman–Crippen LogP) is 3.81. The number of benzene rings is 2. The van der Waals surface area contributed by atoms with Crippen LogP contribution in [0.25, 0.3) is 10.9 Å². The van der Waals surface area contributed by atoms with E-state index < -0.39 is 17.0 Å². The summed E-state index contributed by atoms with van der Waals surface area (Å²) in [5, 5.41) is 12.5. The Morgan fingerprint density at radius 3 is 2.70 bits per heavy atom. The van der Waals surface area contributed by atoms with E-state index in [9.17, 15) is 19.7 Å². The SMILES string of the molecule is CC(C)CCN1CC(=O)N2C(c3cccc([N+](=O)[O-])c3)c3[nH]c4ccccc4c3C[C@@H]2C1=O. The number of nitrogens with one attached hydrogen (secondary N) is 1. The summed E-state index contributed by atoms with van der Waals surface area (Å²) < 4.78 is 0. The fourth-order valence-electron chi connectivity index (χ4n) is 5.08. The molecule has 8 nitrogen and oxygen atoms in total. The van der Waals surface area contributed by atoms with Gasteiger partial charge in [-0.05, 0) is 29.5 Å². The first-order chi connectivity index (χ1) is 15.8. The number of para-hydroxylation sites is 1. The second-order valence-electron chi connectivity index (χ2n) is 9.28. The number of hydrogen-bond acceptors (Lipinski definition) is 4. The third-order valence-electron chi connectivity index (χ3n) is 6.72. The minimum atomic E-state index is -0.630. The van der Waals surface area contributed by atoms with E-state index in [1.807, 2.05) is 24.3 Å². The number of carbonyl (C=O) groups is 2. The number of carbonyl (C=O) groups excluding carboxylic acids is 2. The van der Waals surface area contributed by atoms with Crippen LogP contribution in [0, 0.1) is 16.0 Å². The summed E-state index contributed by atoms with van der Waals surface area (Å²) in [7, 11) is 0. The number of nitrogens with zero attached hydrogens (tertiary/aromatic N) is 3. The summed E-state index contributed by atoms with van der Waals surface area (Å²) >= 11 is 0. The number of amides is 2. The Morgan fingerprint density at radius 1 is 1.15 bits per heavy atom. The van der Waals surface area contributed by atoms with Gasteiger partial charge in [-0.3, -0.25) is 19.7 Å². The molecule has 1 N–H and O–H groups in total. The molecule has 0 aliphatic carbocycles. The van der Waals surface area contributed by atoms with Gasteiger partial charge in [-0.2, -0.15) is 0 Å². The van der Waals surface area contributed by atoms with E-state index >= 15 is 0 Å². The van der Waals surface area contributed by atoms with Crippen molar-refractivity contribution < 1.29 is 14.5 Å². The number of non-ortho nitro benzene ring substituents is 1. The van der Waals surface area contributed by atoms with Gasteiger partial charge in [-0.15, -0.1) is 0 Å². The highest BCUT2D eigenvalue weighted by Gasteiger charge is 2.48. The first-order valence-electron chi connectivity index (χ1n) is 11.3. The number of fused-ring (bicyclic) bond motifs is 4. The predicted molar refractivity (Wildman–Crippen MR) is 124 cm³/mol. The van der Waals surface area contributed by atoms with E-state index in [1.54, 1.807) is 21.9 Å². The number of piperazine rings is 1. The fourth-order valence-corrected chi connectivity index (χ4v) is 5.08. The third kappa shape index (κ3) is 3.55.